The number of hydrogen-bond donors (Lipinski definition) is 1. The number of nitrogens with one attached hydrogen (secondary N) is 1. The molecule has 0 saturated heterocycles. The maximum Gasteiger partial charge on any atom is 0.136 e. The number of aromatic nitrogens is 2. The molecule has 130 valence electrons. The third-order valence-electron chi connectivity index (χ3n) is 3.98. The molecule has 1 N–H and O–H groups in total. The molecule has 0 aliphatic carbocycles. The van der Waals surface area contributed by atoms with Crippen molar-refractivity contribution in [3.05, 3.63) is 83.2 Å². The van der Waals surface area contributed by atoms with Gasteiger partial charge in [0.05, 0.1) is 11.2 Å². The molecule has 2 heterocycles. The average Bonchev–Trinajstić information content (AvgIpc) is 3.19. The van der Waals surface area contributed by atoms with E-state index in [1.807, 2.05) is 35.7 Å². The standard InChI is InChI=1S/C21H13FN4S/c22-17-5-3-14(4-6-17)20-13-27-21(26-20)16(11-23)12-25-18-7-8-19-15(10-18)2-1-9-24-19/h1-10,12-13,25H/b16-12+. The first-order valence-corrected chi connectivity index (χ1v) is 9.04. The fourth-order valence-electron chi connectivity index (χ4n) is 2.61. The summed E-state index contributed by atoms with van der Waals surface area (Å²) in [6.45, 7) is 0. The molecule has 0 radical (unpaired) electrons. The van der Waals surface area contributed by atoms with Crippen molar-refractivity contribution in [3.63, 3.8) is 0 Å². The van der Waals surface area contributed by atoms with Crippen LogP contribution in [0, 0.1) is 17.1 Å². The quantitative estimate of drug-likeness (QED) is 0.482. The van der Waals surface area contributed by atoms with Gasteiger partial charge in [-0.05, 0) is 48.5 Å². The van der Waals surface area contributed by atoms with Crippen molar-refractivity contribution < 1.29 is 4.39 Å². The van der Waals surface area contributed by atoms with Crippen molar-refractivity contribution in [1.29, 1.82) is 5.26 Å². The van der Waals surface area contributed by atoms with E-state index >= 15 is 0 Å². The molecule has 0 saturated carbocycles. The Balaban J connectivity index is 1.58. The van der Waals surface area contributed by atoms with Crippen LogP contribution in [0.15, 0.2) is 72.4 Å². The highest BCUT2D eigenvalue weighted by molar-refractivity contribution is 7.11. The third-order valence-corrected chi connectivity index (χ3v) is 4.86. The first kappa shape index (κ1) is 16.9. The number of fused-ring (bicyclic) bond motifs is 1. The zero-order valence-electron chi connectivity index (χ0n) is 14.1. The number of halogens is 1. The highest BCUT2D eigenvalue weighted by Crippen LogP contribution is 2.26. The van der Waals surface area contributed by atoms with Crippen LogP contribution in [0.4, 0.5) is 10.1 Å². The second-order valence-corrected chi connectivity index (χ2v) is 6.63. The van der Waals surface area contributed by atoms with Gasteiger partial charge in [0.25, 0.3) is 0 Å². The van der Waals surface area contributed by atoms with Gasteiger partial charge in [0.15, 0.2) is 0 Å². The maximum absolute atomic E-state index is 13.1. The number of rotatable bonds is 4. The molecule has 0 amide bonds. The molecule has 4 rings (SSSR count). The lowest BCUT2D eigenvalue weighted by Gasteiger charge is -2.03. The fourth-order valence-corrected chi connectivity index (χ4v) is 3.41. The van der Waals surface area contributed by atoms with Crippen LogP contribution < -0.4 is 5.32 Å². The van der Waals surface area contributed by atoms with Crippen LogP contribution in [-0.4, -0.2) is 9.97 Å². The summed E-state index contributed by atoms with van der Waals surface area (Å²) < 4.78 is 13.1. The average molecular weight is 372 g/mol. The summed E-state index contributed by atoms with van der Waals surface area (Å²) in [4.78, 5) is 8.79. The molecule has 0 bridgehead atoms. The van der Waals surface area contributed by atoms with Gasteiger partial charge in [-0.1, -0.05) is 6.07 Å². The van der Waals surface area contributed by atoms with E-state index in [0.29, 0.717) is 16.3 Å². The molecule has 0 aliphatic heterocycles. The Morgan fingerprint density at radius 2 is 2.00 bits per heavy atom. The van der Waals surface area contributed by atoms with Crippen molar-refractivity contribution in [3.8, 4) is 17.3 Å². The van der Waals surface area contributed by atoms with Gasteiger partial charge in [-0.15, -0.1) is 11.3 Å². The Morgan fingerprint density at radius 3 is 2.81 bits per heavy atom. The lowest BCUT2D eigenvalue weighted by molar-refractivity contribution is 0.628. The Kier molecular flexibility index (Phi) is 4.60. The monoisotopic (exact) mass is 372 g/mol. The highest BCUT2D eigenvalue weighted by Gasteiger charge is 2.09. The first-order chi connectivity index (χ1) is 13.2. The normalized spacial score (nSPS) is 11.3. The van der Waals surface area contributed by atoms with E-state index in [1.54, 1.807) is 24.5 Å². The molecule has 4 aromatic rings. The third kappa shape index (κ3) is 3.68. The lowest BCUT2D eigenvalue weighted by atomic mass is 10.2. The molecule has 0 fully saturated rings. The molecule has 27 heavy (non-hydrogen) atoms. The summed E-state index contributed by atoms with van der Waals surface area (Å²) in [7, 11) is 0. The molecular weight excluding hydrogens is 359 g/mol. The predicted octanol–water partition coefficient (Wildman–Crippen LogP) is 5.47. The predicted molar refractivity (Wildman–Crippen MR) is 106 cm³/mol. The van der Waals surface area contributed by atoms with Crippen molar-refractivity contribution in [1.82, 2.24) is 9.97 Å². The summed E-state index contributed by atoms with van der Waals surface area (Å²) in [6, 6.07) is 18.0. The van der Waals surface area contributed by atoms with E-state index < -0.39 is 0 Å². The number of benzene rings is 2. The van der Waals surface area contributed by atoms with E-state index in [0.717, 1.165) is 22.2 Å². The van der Waals surface area contributed by atoms with Gasteiger partial charge in [-0.3, -0.25) is 4.98 Å². The number of anilines is 1. The molecule has 0 atom stereocenters. The number of allylic oxidation sites excluding steroid dienone is 1. The highest BCUT2D eigenvalue weighted by atomic mass is 32.1. The molecule has 0 spiro atoms. The van der Waals surface area contributed by atoms with E-state index in [-0.39, 0.29) is 5.82 Å². The second kappa shape index (κ2) is 7.36. The van der Waals surface area contributed by atoms with Crippen molar-refractivity contribution in [2.45, 2.75) is 0 Å². The van der Waals surface area contributed by atoms with E-state index in [9.17, 15) is 9.65 Å². The number of nitrogens with zero attached hydrogens (tertiary/aromatic N) is 3. The second-order valence-electron chi connectivity index (χ2n) is 5.77. The van der Waals surface area contributed by atoms with Gasteiger partial charge >= 0.3 is 0 Å². The van der Waals surface area contributed by atoms with Gasteiger partial charge in [0.2, 0.25) is 0 Å². The van der Waals surface area contributed by atoms with Gasteiger partial charge in [0.1, 0.15) is 22.5 Å². The lowest BCUT2D eigenvalue weighted by Crippen LogP contribution is -1.91. The summed E-state index contributed by atoms with van der Waals surface area (Å²) in [5.74, 6) is -0.290. The minimum absolute atomic E-state index is 0.290. The van der Waals surface area contributed by atoms with Crippen molar-refractivity contribution in [2.24, 2.45) is 0 Å². The van der Waals surface area contributed by atoms with Crippen LogP contribution in [0.1, 0.15) is 5.01 Å². The number of pyridine rings is 1. The van der Waals surface area contributed by atoms with Crippen molar-refractivity contribution >= 4 is 33.5 Å². The van der Waals surface area contributed by atoms with E-state index in [4.69, 9.17) is 0 Å². The zero-order chi connectivity index (χ0) is 18.6. The molecular formula is C21H13FN4S. The van der Waals surface area contributed by atoms with Crippen LogP contribution in [-0.2, 0) is 0 Å². The number of nitriles is 1. The SMILES string of the molecule is N#C/C(=C\Nc1ccc2ncccc2c1)c1nc(-c2ccc(F)cc2)cs1. The number of hydrogen-bond acceptors (Lipinski definition) is 5. The minimum Gasteiger partial charge on any atom is -0.360 e. The Morgan fingerprint density at radius 1 is 1.15 bits per heavy atom. The summed E-state index contributed by atoms with van der Waals surface area (Å²) in [5, 5.41) is 16.1. The molecule has 0 aliphatic rings. The Labute approximate surface area is 159 Å². The summed E-state index contributed by atoms with van der Waals surface area (Å²) in [5.41, 5.74) is 3.73. The maximum atomic E-state index is 13.1. The fraction of sp³-hybridized carbons (Fsp3) is 0. The van der Waals surface area contributed by atoms with Crippen LogP contribution in [0.2, 0.25) is 0 Å². The van der Waals surface area contributed by atoms with Crippen LogP contribution in [0.5, 0.6) is 0 Å². The Bertz CT molecular complexity index is 1170. The molecule has 2 aromatic heterocycles. The molecule has 0 unspecified atom stereocenters. The largest absolute Gasteiger partial charge is 0.360 e. The molecule has 2 aromatic carbocycles. The Hall–Kier alpha value is -3.56. The first-order valence-electron chi connectivity index (χ1n) is 8.16. The van der Waals surface area contributed by atoms with E-state index in [1.165, 1.54) is 23.5 Å². The minimum atomic E-state index is -0.290. The summed E-state index contributed by atoms with van der Waals surface area (Å²) >= 11 is 1.37. The topological polar surface area (TPSA) is 61.6 Å². The van der Waals surface area contributed by atoms with Gasteiger partial charge in [-0.2, -0.15) is 5.26 Å². The van der Waals surface area contributed by atoms with Crippen LogP contribution >= 0.6 is 11.3 Å². The van der Waals surface area contributed by atoms with Crippen LogP contribution in [0.25, 0.3) is 27.7 Å². The van der Waals surface area contributed by atoms with Gasteiger partial charge in [0, 0.05) is 34.4 Å². The van der Waals surface area contributed by atoms with Gasteiger partial charge in [-0.25, -0.2) is 9.37 Å². The molecule has 4 nitrogen and oxygen atoms in total. The molecule has 6 heteroatoms. The van der Waals surface area contributed by atoms with E-state index in [2.05, 4.69) is 21.4 Å². The smallest absolute Gasteiger partial charge is 0.136 e. The number of thiazole rings is 1. The van der Waals surface area contributed by atoms with Gasteiger partial charge < -0.3 is 5.32 Å². The zero-order valence-corrected chi connectivity index (χ0v) is 14.9. The van der Waals surface area contributed by atoms with Crippen molar-refractivity contribution in [2.75, 3.05) is 5.32 Å². The summed E-state index contributed by atoms with van der Waals surface area (Å²) in [6.07, 6.45) is 3.40. The van der Waals surface area contributed by atoms with Crippen LogP contribution in [0.3, 0.4) is 0 Å².